The molecule has 0 amide bonds. The molecular weight excluding hydrogens is 302 g/mol. The second-order valence-corrected chi connectivity index (χ2v) is 7.20. The molecule has 0 N–H and O–H groups in total. The second kappa shape index (κ2) is 6.02. The van der Waals surface area contributed by atoms with Crippen molar-refractivity contribution in [3.05, 3.63) is 48.2 Å². The zero-order valence-electron chi connectivity index (χ0n) is 12.2. The maximum atomic E-state index is 12.6. The second-order valence-electron chi connectivity index (χ2n) is 5.27. The predicted octanol–water partition coefficient (Wildman–Crippen LogP) is 1.63. The van der Waals surface area contributed by atoms with Gasteiger partial charge in [0.1, 0.15) is 6.10 Å². The van der Waals surface area contributed by atoms with Crippen molar-refractivity contribution in [1.82, 2.24) is 14.5 Å². The van der Waals surface area contributed by atoms with E-state index < -0.39 is 10.0 Å². The van der Waals surface area contributed by atoms with Gasteiger partial charge in [-0.2, -0.15) is 9.40 Å². The van der Waals surface area contributed by atoms with Gasteiger partial charge in [-0.25, -0.2) is 8.42 Å². The average molecular weight is 319 g/mol. The van der Waals surface area contributed by atoms with Gasteiger partial charge in [0.25, 0.3) is 0 Å². The molecule has 0 radical (unpaired) electrons. The summed E-state index contributed by atoms with van der Waals surface area (Å²) in [5.41, 5.74) is 1.03. The van der Waals surface area contributed by atoms with E-state index in [4.69, 9.17) is 4.74 Å². The molecule has 0 spiro atoms. The largest absolute Gasteiger partial charge is 0.472 e. The first-order valence-corrected chi connectivity index (χ1v) is 8.51. The molecular formula is C15H17N3O3S. The predicted molar refractivity (Wildman–Crippen MR) is 81.0 cm³/mol. The number of aromatic nitrogens is 2. The van der Waals surface area contributed by atoms with E-state index in [9.17, 15) is 8.42 Å². The van der Waals surface area contributed by atoms with Crippen LogP contribution in [-0.4, -0.2) is 42.1 Å². The molecule has 116 valence electrons. The minimum Gasteiger partial charge on any atom is -0.472 e. The molecule has 1 unspecified atom stereocenters. The van der Waals surface area contributed by atoms with E-state index in [0.29, 0.717) is 30.3 Å². The first-order valence-electron chi connectivity index (χ1n) is 7.07. The highest BCUT2D eigenvalue weighted by Gasteiger charge is 2.33. The van der Waals surface area contributed by atoms with Crippen molar-refractivity contribution in [2.45, 2.75) is 24.3 Å². The van der Waals surface area contributed by atoms with Crippen LogP contribution in [0.15, 0.2) is 47.5 Å². The highest BCUT2D eigenvalue weighted by atomic mass is 32.2. The molecule has 1 aromatic carbocycles. The maximum absolute atomic E-state index is 12.6. The highest BCUT2D eigenvalue weighted by molar-refractivity contribution is 7.89. The number of rotatable bonds is 4. The van der Waals surface area contributed by atoms with E-state index in [1.807, 2.05) is 6.92 Å². The molecule has 1 saturated heterocycles. The van der Waals surface area contributed by atoms with E-state index in [0.717, 1.165) is 5.56 Å². The SMILES string of the molecule is Cc1ccc(S(=O)(=O)N2CCC(Oc3cccnn3)C2)cc1. The van der Waals surface area contributed by atoms with Crippen molar-refractivity contribution in [3.63, 3.8) is 0 Å². The fraction of sp³-hybridized carbons (Fsp3) is 0.333. The van der Waals surface area contributed by atoms with Crippen molar-refractivity contribution in [2.24, 2.45) is 0 Å². The quantitative estimate of drug-likeness (QED) is 0.856. The summed E-state index contributed by atoms with van der Waals surface area (Å²) in [5.74, 6) is 0.419. The lowest BCUT2D eigenvalue weighted by molar-refractivity contribution is 0.204. The Balaban J connectivity index is 1.70. The summed E-state index contributed by atoms with van der Waals surface area (Å²) in [4.78, 5) is 0.318. The van der Waals surface area contributed by atoms with Gasteiger partial charge in [-0.05, 0) is 31.5 Å². The lowest BCUT2D eigenvalue weighted by Crippen LogP contribution is -2.31. The number of aryl methyl sites for hydroxylation is 1. The number of nitrogens with zero attached hydrogens (tertiary/aromatic N) is 3. The van der Waals surface area contributed by atoms with Crippen LogP contribution in [0.1, 0.15) is 12.0 Å². The normalized spacial score (nSPS) is 19.2. The Bertz CT molecular complexity index is 732. The van der Waals surface area contributed by atoms with Crippen LogP contribution in [0.2, 0.25) is 0 Å². The van der Waals surface area contributed by atoms with Gasteiger partial charge < -0.3 is 4.74 Å². The topological polar surface area (TPSA) is 72.4 Å². The Morgan fingerprint density at radius 2 is 2.00 bits per heavy atom. The summed E-state index contributed by atoms with van der Waals surface area (Å²) in [7, 11) is -3.46. The molecule has 1 aliphatic heterocycles. The molecule has 7 heteroatoms. The molecule has 1 aromatic heterocycles. The third kappa shape index (κ3) is 3.10. The summed E-state index contributed by atoms with van der Waals surface area (Å²) in [5, 5.41) is 7.60. The van der Waals surface area contributed by atoms with Crippen LogP contribution in [0.25, 0.3) is 0 Å². The fourth-order valence-corrected chi connectivity index (χ4v) is 3.88. The smallest absolute Gasteiger partial charge is 0.243 e. The molecule has 0 bridgehead atoms. The van der Waals surface area contributed by atoms with Crippen molar-refractivity contribution in [1.29, 1.82) is 0 Å². The van der Waals surface area contributed by atoms with Gasteiger partial charge in [-0.3, -0.25) is 0 Å². The Hall–Kier alpha value is -1.99. The number of sulfonamides is 1. The summed E-state index contributed by atoms with van der Waals surface area (Å²) in [6.45, 7) is 2.70. The van der Waals surface area contributed by atoms with Crippen LogP contribution in [0.4, 0.5) is 0 Å². The van der Waals surface area contributed by atoms with Crippen LogP contribution in [0.5, 0.6) is 5.88 Å². The van der Waals surface area contributed by atoms with Crippen molar-refractivity contribution < 1.29 is 13.2 Å². The van der Waals surface area contributed by atoms with E-state index in [2.05, 4.69) is 10.2 Å². The van der Waals surface area contributed by atoms with Crippen molar-refractivity contribution >= 4 is 10.0 Å². The molecule has 0 saturated carbocycles. The molecule has 1 aliphatic rings. The van der Waals surface area contributed by atoms with Gasteiger partial charge in [-0.1, -0.05) is 17.7 Å². The fourth-order valence-electron chi connectivity index (χ4n) is 2.39. The molecule has 1 atom stereocenters. The minimum atomic E-state index is -3.46. The van der Waals surface area contributed by atoms with Crippen LogP contribution in [0.3, 0.4) is 0 Å². The van der Waals surface area contributed by atoms with Crippen LogP contribution in [-0.2, 0) is 10.0 Å². The van der Waals surface area contributed by atoms with Gasteiger partial charge in [0.05, 0.1) is 11.4 Å². The van der Waals surface area contributed by atoms with Crippen molar-refractivity contribution in [3.8, 4) is 5.88 Å². The third-order valence-corrected chi connectivity index (χ3v) is 5.48. The molecule has 0 aliphatic carbocycles. The number of ether oxygens (including phenoxy) is 1. The van der Waals surface area contributed by atoms with E-state index >= 15 is 0 Å². The Labute approximate surface area is 129 Å². The van der Waals surface area contributed by atoms with Gasteiger partial charge >= 0.3 is 0 Å². The first kappa shape index (κ1) is 14.9. The van der Waals surface area contributed by atoms with Crippen molar-refractivity contribution in [2.75, 3.05) is 13.1 Å². The van der Waals surface area contributed by atoms with E-state index in [1.54, 1.807) is 42.6 Å². The van der Waals surface area contributed by atoms with Gasteiger partial charge in [0.15, 0.2) is 0 Å². The summed E-state index contributed by atoms with van der Waals surface area (Å²) < 4.78 is 32.3. The first-order chi connectivity index (χ1) is 10.6. The van der Waals surface area contributed by atoms with E-state index in [-0.39, 0.29) is 6.10 Å². The molecule has 2 heterocycles. The van der Waals surface area contributed by atoms with Gasteiger partial charge in [-0.15, -0.1) is 5.10 Å². The van der Waals surface area contributed by atoms with E-state index in [1.165, 1.54) is 4.31 Å². The number of hydrogen-bond acceptors (Lipinski definition) is 5. The summed E-state index contributed by atoms with van der Waals surface area (Å²) in [6.07, 6.45) is 2.01. The molecule has 6 nitrogen and oxygen atoms in total. The Kier molecular flexibility index (Phi) is 4.08. The van der Waals surface area contributed by atoms with Crippen LogP contribution >= 0.6 is 0 Å². The summed E-state index contributed by atoms with van der Waals surface area (Å²) in [6, 6.07) is 10.3. The molecule has 2 aromatic rings. The molecule has 3 rings (SSSR count). The molecule has 1 fully saturated rings. The Morgan fingerprint density at radius 1 is 1.23 bits per heavy atom. The lowest BCUT2D eigenvalue weighted by Gasteiger charge is -2.17. The monoisotopic (exact) mass is 319 g/mol. The average Bonchev–Trinajstić information content (AvgIpc) is 2.98. The zero-order chi connectivity index (χ0) is 15.6. The van der Waals surface area contributed by atoms with Crippen LogP contribution in [0, 0.1) is 6.92 Å². The molecule has 22 heavy (non-hydrogen) atoms. The lowest BCUT2D eigenvalue weighted by atomic mass is 10.2. The van der Waals surface area contributed by atoms with Gasteiger partial charge in [0.2, 0.25) is 15.9 Å². The third-order valence-electron chi connectivity index (χ3n) is 3.60. The van der Waals surface area contributed by atoms with Gasteiger partial charge in [0, 0.05) is 18.8 Å². The Morgan fingerprint density at radius 3 is 2.68 bits per heavy atom. The highest BCUT2D eigenvalue weighted by Crippen LogP contribution is 2.23. The number of benzene rings is 1. The standard InChI is InChI=1S/C15H17N3O3S/c1-12-4-6-14(7-5-12)22(19,20)18-10-8-13(11-18)21-15-3-2-9-16-17-15/h2-7,9,13H,8,10-11H2,1H3. The summed E-state index contributed by atoms with van der Waals surface area (Å²) >= 11 is 0. The minimum absolute atomic E-state index is 0.197. The zero-order valence-corrected chi connectivity index (χ0v) is 13.0. The maximum Gasteiger partial charge on any atom is 0.243 e. The number of hydrogen-bond donors (Lipinski definition) is 0. The van der Waals surface area contributed by atoms with Crippen LogP contribution < -0.4 is 4.74 Å².